The Morgan fingerprint density at radius 1 is 0.290 bits per heavy atom. The summed E-state index contributed by atoms with van der Waals surface area (Å²) in [6, 6.07) is 77.0. The van der Waals surface area contributed by atoms with Crippen LogP contribution in [0.25, 0.3) is 78.3 Å². The lowest BCUT2D eigenvalue weighted by Gasteiger charge is -2.46. The van der Waals surface area contributed by atoms with Gasteiger partial charge in [0.25, 0.3) is 0 Å². The molecule has 2 aliphatic rings. The Bertz CT molecular complexity index is 3260. The largest absolute Gasteiger partial charge is 0.208 e. The number of aromatic nitrogens is 3. The van der Waals surface area contributed by atoms with Gasteiger partial charge in [0.2, 0.25) is 0 Å². The van der Waals surface area contributed by atoms with Crippen molar-refractivity contribution in [3.05, 3.63) is 246 Å². The van der Waals surface area contributed by atoms with Crippen molar-refractivity contribution in [1.29, 1.82) is 0 Å². The van der Waals surface area contributed by atoms with Crippen molar-refractivity contribution in [3.8, 4) is 67.5 Å². The highest BCUT2D eigenvalue weighted by molar-refractivity contribution is 6.09. The normalized spacial score (nSPS) is 13.9. The molecule has 292 valence electrons. The Labute approximate surface area is 362 Å². The lowest BCUT2D eigenvalue weighted by molar-refractivity contribution is 0.563. The number of hydrogen-bond acceptors (Lipinski definition) is 3. The highest BCUT2D eigenvalue weighted by Crippen LogP contribution is 2.63. The molecule has 0 atom stereocenters. The van der Waals surface area contributed by atoms with Gasteiger partial charge in [-0.2, -0.15) is 0 Å². The van der Waals surface area contributed by atoms with Crippen LogP contribution in [0.4, 0.5) is 0 Å². The maximum absolute atomic E-state index is 5.03. The average Bonchev–Trinajstić information content (AvgIpc) is 3.64. The van der Waals surface area contributed by atoms with Gasteiger partial charge in [0.05, 0.1) is 5.41 Å². The van der Waals surface area contributed by atoms with Crippen molar-refractivity contribution in [2.24, 2.45) is 0 Å². The maximum atomic E-state index is 5.03. The lowest BCUT2D eigenvalue weighted by Crippen LogP contribution is -2.40. The van der Waals surface area contributed by atoms with E-state index in [2.05, 4.69) is 166 Å². The summed E-state index contributed by atoms with van der Waals surface area (Å²) < 4.78 is 0. The number of rotatable bonds is 5. The molecule has 0 bridgehead atoms. The molecule has 1 heterocycles. The third kappa shape index (κ3) is 5.28. The fourth-order valence-corrected chi connectivity index (χ4v) is 10.7. The van der Waals surface area contributed by atoms with Crippen LogP contribution in [0, 0.1) is 0 Å². The standard InChI is InChI=1S/C59H41N3/c1-58(2)48-27-13-15-29-50(48)59(51-30-16-14-28-49(51)58)47-26-12-11-24-45(47)54-46(25-17-31-52(54)59)53-43-23-10-9-18-38(43)36-37-44(53)39-32-34-42(35-33-39)57-61-55(40-19-5-3-6-20-40)60-56(62-57)41-21-7-4-8-22-41/h3-37H,1-2H3. The van der Waals surface area contributed by atoms with E-state index in [1.165, 1.54) is 72.0 Å². The Morgan fingerprint density at radius 3 is 1.35 bits per heavy atom. The zero-order valence-corrected chi connectivity index (χ0v) is 34.5. The Balaban J connectivity index is 1.07. The van der Waals surface area contributed by atoms with Crippen molar-refractivity contribution >= 4 is 10.8 Å². The van der Waals surface area contributed by atoms with E-state index in [-0.39, 0.29) is 5.41 Å². The van der Waals surface area contributed by atoms with Gasteiger partial charge in [-0.3, -0.25) is 0 Å². The van der Waals surface area contributed by atoms with E-state index in [0.717, 1.165) is 22.3 Å². The summed E-state index contributed by atoms with van der Waals surface area (Å²) in [5, 5.41) is 2.44. The average molecular weight is 792 g/mol. The predicted octanol–water partition coefficient (Wildman–Crippen LogP) is 14.4. The molecule has 0 saturated heterocycles. The molecule has 0 saturated carbocycles. The Hall–Kier alpha value is -7.75. The molecule has 0 aliphatic heterocycles. The number of hydrogen-bond donors (Lipinski definition) is 0. The summed E-state index contributed by atoms with van der Waals surface area (Å²) in [6.45, 7) is 4.77. The quantitative estimate of drug-likeness (QED) is 0.174. The first kappa shape index (κ1) is 36.1. The highest BCUT2D eigenvalue weighted by atomic mass is 15.0. The van der Waals surface area contributed by atoms with Crippen LogP contribution in [0.15, 0.2) is 212 Å². The van der Waals surface area contributed by atoms with Crippen LogP contribution in [0.5, 0.6) is 0 Å². The number of nitrogens with zero attached hydrogens (tertiary/aromatic N) is 3. The Morgan fingerprint density at radius 2 is 0.742 bits per heavy atom. The molecule has 0 amide bonds. The molecule has 1 spiro atoms. The minimum Gasteiger partial charge on any atom is -0.208 e. The molecular weight excluding hydrogens is 751 g/mol. The van der Waals surface area contributed by atoms with E-state index in [4.69, 9.17) is 15.0 Å². The van der Waals surface area contributed by atoms with E-state index in [0.29, 0.717) is 17.5 Å². The second-order valence-corrected chi connectivity index (χ2v) is 17.1. The van der Waals surface area contributed by atoms with Gasteiger partial charge in [-0.25, -0.2) is 15.0 Å². The minimum atomic E-state index is -0.473. The second kappa shape index (κ2) is 13.9. The summed E-state index contributed by atoms with van der Waals surface area (Å²) in [4.78, 5) is 15.0. The highest BCUT2D eigenvalue weighted by Gasteiger charge is 2.53. The fraction of sp³-hybridized carbons (Fsp3) is 0.0678. The third-order valence-corrected chi connectivity index (χ3v) is 13.4. The first-order valence-corrected chi connectivity index (χ1v) is 21.4. The molecule has 10 aromatic rings. The lowest BCUT2D eigenvalue weighted by atomic mass is 9.55. The minimum absolute atomic E-state index is 0.157. The van der Waals surface area contributed by atoms with E-state index >= 15 is 0 Å². The number of fused-ring (bicyclic) bond motifs is 10. The van der Waals surface area contributed by atoms with Crippen molar-refractivity contribution in [2.75, 3.05) is 0 Å². The summed E-state index contributed by atoms with van der Waals surface area (Å²) in [5.74, 6) is 1.94. The third-order valence-electron chi connectivity index (χ3n) is 13.4. The summed E-state index contributed by atoms with van der Waals surface area (Å²) in [6.07, 6.45) is 0. The van der Waals surface area contributed by atoms with Gasteiger partial charge in [-0.05, 0) is 77.5 Å². The van der Waals surface area contributed by atoms with Crippen molar-refractivity contribution in [1.82, 2.24) is 15.0 Å². The van der Waals surface area contributed by atoms with Crippen LogP contribution in [0.1, 0.15) is 47.2 Å². The van der Waals surface area contributed by atoms with Crippen molar-refractivity contribution in [3.63, 3.8) is 0 Å². The topological polar surface area (TPSA) is 38.7 Å². The van der Waals surface area contributed by atoms with Crippen LogP contribution in [0.2, 0.25) is 0 Å². The van der Waals surface area contributed by atoms with Crippen LogP contribution >= 0.6 is 0 Å². The van der Waals surface area contributed by atoms with Gasteiger partial charge >= 0.3 is 0 Å². The molecule has 0 radical (unpaired) electrons. The SMILES string of the molecule is CC1(C)c2ccccc2C2(c3ccccc3-c3c(-c4c(-c5ccc(-c6nc(-c7ccccc7)nc(-c7ccccc7)n6)cc5)ccc5ccccc45)cccc32)c2ccccc21. The van der Waals surface area contributed by atoms with E-state index in [1.807, 2.05) is 60.7 Å². The molecule has 3 heteroatoms. The van der Waals surface area contributed by atoms with E-state index < -0.39 is 5.41 Å². The summed E-state index contributed by atoms with van der Waals surface area (Å²) >= 11 is 0. The van der Waals surface area contributed by atoms with Gasteiger partial charge < -0.3 is 0 Å². The molecule has 3 nitrogen and oxygen atoms in total. The number of benzene rings is 9. The zero-order chi connectivity index (χ0) is 41.4. The van der Waals surface area contributed by atoms with Crippen LogP contribution in [0.3, 0.4) is 0 Å². The van der Waals surface area contributed by atoms with E-state index in [9.17, 15) is 0 Å². The van der Waals surface area contributed by atoms with Gasteiger partial charge in [0.1, 0.15) is 0 Å². The van der Waals surface area contributed by atoms with Gasteiger partial charge in [-0.15, -0.1) is 0 Å². The van der Waals surface area contributed by atoms with Gasteiger partial charge in [0.15, 0.2) is 17.5 Å². The molecule has 0 N–H and O–H groups in total. The van der Waals surface area contributed by atoms with E-state index in [1.54, 1.807) is 0 Å². The predicted molar refractivity (Wildman–Crippen MR) is 254 cm³/mol. The van der Waals surface area contributed by atoms with Gasteiger partial charge in [-0.1, -0.05) is 226 Å². The first-order chi connectivity index (χ1) is 30.5. The molecule has 0 unspecified atom stereocenters. The first-order valence-electron chi connectivity index (χ1n) is 21.4. The zero-order valence-electron chi connectivity index (χ0n) is 34.5. The molecule has 2 aliphatic carbocycles. The molecule has 0 fully saturated rings. The van der Waals surface area contributed by atoms with Crippen LogP contribution in [-0.4, -0.2) is 15.0 Å². The molecule has 1 aromatic heterocycles. The molecule has 9 aromatic carbocycles. The van der Waals surface area contributed by atoms with Crippen LogP contribution in [-0.2, 0) is 10.8 Å². The Kier molecular flexibility index (Phi) is 8.10. The summed E-state index contributed by atoms with van der Waals surface area (Å²) in [7, 11) is 0. The monoisotopic (exact) mass is 791 g/mol. The molecule has 12 rings (SSSR count). The fourth-order valence-electron chi connectivity index (χ4n) is 10.7. The molecular formula is C59H41N3. The smallest absolute Gasteiger partial charge is 0.164 e. The summed E-state index contributed by atoms with van der Waals surface area (Å²) in [5.41, 5.74) is 17.7. The maximum Gasteiger partial charge on any atom is 0.164 e. The van der Waals surface area contributed by atoms with Crippen molar-refractivity contribution < 1.29 is 0 Å². The van der Waals surface area contributed by atoms with Crippen LogP contribution < -0.4 is 0 Å². The van der Waals surface area contributed by atoms with Gasteiger partial charge in [0, 0.05) is 22.1 Å². The molecule has 62 heavy (non-hydrogen) atoms. The van der Waals surface area contributed by atoms with Crippen molar-refractivity contribution in [2.45, 2.75) is 24.7 Å². The second-order valence-electron chi connectivity index (χ2n) is 17.1.